The first kappa shape index (κ1) is 12.4. The summed E-state index contributed by atoms with van der Waals surface area (Å²) >= 11 is 0. The Kier molecular flexibility index (Phi) is 3.53. The fraction of sp³-hybridized carbons (Fsp3) is 0.154. The standard InChI is InChI=1S/C13H11F2NO2/c1-8-3-2-4-10(11(8)14)18-13-12(15)9(7-17)5-6-16-13/h2-6,17H,7H2,1H3. The number of ether oxygens (including phenoxy) is 1. The molecule has 2 rings (SSSR count). The van der Waals surface area contributed by atoms with E-state index in [2.05, 4.69) is 4.98 Å². The van der Waals surface area contributed by atoms with Gasteiger partial charge in [-0.15, -0.1) is 0 Å². The van der Waals surface area contributed by atoms with Gasteiger partial charge in [0.25, 0.3) is 5.88 Å². The van der Waals surface area contributed by atoms with E-state index >= 15 is 0 Å². The van der Waals surface area contributed by atoms with Gasteiger partial charge in [0, 0.05) is 11.8 Å². The molecule has 94 valence electrons. The number of halogens is 2. The third-order valence-electron chi connectivity index (χ3n) is 2.47. The maximum Gasteiger partial charge on any atom is 0.256 e. The molecule has 1 aromatic carbocycles. The lowest BCUT2D eigenvalue weighted by Gasteiger charge is -2.09. The highest BCUT2D eigenvalue weighted by Gasteiger charge is 2.13. The van der Waals surface area contributed by atoms with Crippen molar-refractivity contribution in [2.24, 2.45) is 0 Å². The number of hydrogen-bond donors (Lipinski definition) is 1. The van der Waals surface area contributed by atoms with E-state index in [0.29, 0.717) is 5.56 Å². The van der Waals surface area contributed by atoms with Gasteiger partial charge in [-0.05, 0) is 24.6 Å². The van der Waals surface area contributed by atoms with Crippen molar-refractivity contribution in [3.8, 4) is 11.6 Å². The molecule has 0 aliphatic carbocycles. The maximum absolute atomic E-state index is 13.7. The van der Waals surface area contributed by atoms with Crippen LogP contribution in [0.15, 0.2) is 30.5 Å². The first-order valence-corrected chi connectivity index (χ1v) is 5.30. The molecule has 0 fully saturated rings. The zero-order valence-electron chi connectivity index (χ0n) is 9.65. The van der Waals surface area contributed by atoms with E-state index in [4.69, 9.17) is 9.84 Å². The van der Waals surface area contributed by atoms with Crippen molar-refractivity contribution in [2.75, 3.05) is 0 Å². The minimum Gasteiger partial charge on any atom is -0.433 e. The molecule has 0 aliphatic heterocycles. The quantitative estimate of drug-likeness (QED) is 0.911. The van der Waals surface area contributed by atoms with Crippen molar-refractivity contribution in [1.82, 2.24) is 4.98 Å². The summed E-state index contributed by atoms with van der Waals surface area (Å²) in [5.74, 6) is -1.81. The summed E-state index contributed by atoms with van der Waals surface area (Å²) in [6.07, 6.45) is 1.29. The molecule has 1 heterocycles. The molecule has 2 aromatic rings. The molecule has 3 nitrogen and oxygen atoms in total. The van der Waals surface area contributed by atoms with Crippen molar-refractivity contribution in [1.29, 1.82) is 0 Å². The van der Waals surface area contributed by atoms with E-state index in [9.17, 15) is 8.78 Å². The van der Waals surface area contributed by atoms with Crippen molar-refractivity contribution in [2.45, 2.75) is 13.5 Å². The Bertz CT molecular complexity index is 573. The van der Waals surface area contributed by atoms with Crippen LogP contribution in [0, 0.1) is 18.6 Å². The van der Waals surface area contributed by atoms with E-state index in [1.807, 2.05) is 0 Å². The Hall–Kier alpha value is -2.01. The predicted octanol–water partition coefficient (Wildman–Crippen LogP) is 2.95. The van der Waals surface area contributed by atoms with E-state index in [-0.39, 0.29) is 17.2 Å². The molecule has 1 aromatic heterocycles. The number of rotatable bonds is 3. The summed E-state index contributed by atoms with van der Waals surface area (Å²) in [7, 11) is 0. The number of aromatic nitrogens is 1. The number of hydrogen-bond acceptors (Lipinski definition) is 3. The molecule has 5 heteroatoms. The summed E-state index contributed by atoms with van der Waals surface area (Å²) in [6.45, 7) is 1.11. The van der Waals surface area contributed by atoms with Crippen LogP contribution in [-0.2, 0) is 6.61 Å². The predicted molar refractivity (Wildman–Crippen MR) is 61.3 cm³/mol. The fourth-order valence-electron chi connectivity index (χ4n) is 1.46. The Labute approximate surface area is 103 Å². The van der Waals surface area contributed by atoms with Gasteiger partial charge in [0.05, 0.1) is 6.61 Å². The molecule has 0 saturated heterocycles. The summed E-state index contributed by atoms with van der Waals surface area (Å²) in [4.78, 5) is 3.68. The molecule has 0 spiro atoms. The highest BCUT2D eigenvalue weighted by atomic mass is 19.1. The number of benzene rings is 1. The second-order valence-electron chi connectivity index (χ2n) is 3.74. The summed E-state index contributed by atoms with van der Waals surface area (Å²) in [5.41, 5.74) is 0.444. The van der Waals surface area contributed by atoms with Crippen LogP contribution in [0.1, 0.15) is 11.1 Å². The lowest BCUT2D eigenvalue weighted by Crippen LogP contribution is -1.99. The third kappa shape index (κ3) is 2.31. The maximum atomic E-state index is 13.7. The SMILES string of the molecule is Cc1cccc(Oc2nccc(CO)c2F)c1F. The fourth-order valence-corrected chi connectivity index (χ4v) is 1.46. The van der Waals surface area contributed by atoms with Crippen LogP contribution in [0.4, 0.5) is 8.78 Å². The monoisotopic (exact) mass is 251 g/mol. The average molecular weight is 251 g/mol. The molecular formula is C13H11F2NO2. The normalized spacial score (nSPS) is 10.4. The molecule has 1 N–H and O–H groups in total. The summed E-state index contributed by atoms with van der Waals surface area (Å²) < 4.78 is 32.5. The van der Waals surface area contributed by atoms with E-state index < -0.39 is 18.2 Å². The number of aliphatic hydroxyl groups excluding tert-OH is 1. The smallest absolute Gasteiger partial charge is 0.256 e. The molecule has 0 bridgehead atoms. The third-order valence-corrected chi connectivity index (χ3v) is 2.47. The highest BCUT2D eigenvalue weighted by Crippen LogP contribution is 2.27. The molecular weight excluding hydrogens is 240 g/mol. The largest absolute Gasteiger partial charge is 0.433 e. The van der Waals surface area contributed by atoms with Crippen LogP contribution < -0.4 is 4.74 Å². The molecule has 0 unspecified atom stereocenters. The van der Waals surface area contributed by atoms with Gasteiger partial charge in [-0.3, -0.25) is 0 Å². The van der Waals surface area contributed by atoms with Crippen molar-refractivity contribution >= 4 is 0 Å². The molecule has 0 radical (unpaired) electrons. The Morgan fingerprint density at radius 3 is 2.72 bits per heavy atom. The minimum atomic E-state index is -0.791. The van der Waals surface area contributed by atoms with Crippen LogP contribution in [0.2, 0.25) is 0 Å². The van der Waals surface area contributed by atoms with Crippen molar-refractivity contribution in [3.63, 3.8) is 0 Å². The topological polar surface area (TPSA) is 42.4 Å². The summed E-state index contributed by atoms with van der Waals surface area (Å²) in [6, 6.07) is 5.89. The lowest BCUT2D eigenvalue weighted by molar-refractivity contribution is 0.272. The van der Waals surface area contributed by atoms with Gasteiger partial charge < -0.3 is 9.84 Å². The van der Waals surface area contributed by atoms with Gasteiger partial charge in [0.15, 0.2) is 17.4 Å². The Morgan fingerprint density at radius 1 is 1.22 bits per heavy atom. The summed E-state index contributed by atoms with van der Waals surface area (Å²) in [5, 5.41) is 8.91. The molecule has 0 saturated carbocycles. The van der Waals surface area contributed by atoms with Gasteiger partial charge in [-0.2, -0.15) is 0 Å². The molecule has 0 amide bonds. The molecule has 0 atom stereocenters. The first-order valence-electron chi connectivity index (χ1n) is 5.30. The van der Waals surface area contributed by atoms with Crippen LogP contribution in [0.3, 0.4) is 0 Å². The van der Waals surface area contributed by atoms with Crippen molar-refractivity contribution < 1.29 is 18.6 Å². The number of aliphatic hydroxyl groups is 1. The number of aryl methyl sites for hydroxylation is 1. The van der Waals surface area contributed by atoms with E-state index in [0.717, 1.165) is 0 Å². The zero-order chi connectivity index (χ0) is 13.1. The Morgan fingerprint density at radius 2 is 2.00 bits per heavy atom. The van der Waals surface area contributed by atoms with Gasteiger partial charge in [-0.1, -0.05) is 12.1 Å². The zero-order valence-corrected chi connectivity index (χ0v) is 9.65. The lowest BCUT2D eigenvalue weighted by atomic mass is 10.2. The molecule has 18 heavy (non-hydrogen) atoms. The van der Waals surface area contributed by atoms with Gasteiger partial charge in [0.1, 0.15) is 0 Å². The van der Waals surface area contributed by atoms with Crippen LogP contribution in [0.5, 0.6) is 11.6 Å². The minimum absolute atomic E-state index is 0.0491. The average Bonchev–Trinajstić information content (AvgIpc) is 2.37. The van der Waals surface area contributed by atoms with E-state index in [1.165, 1.54) is 18.3 Å². The van der Waals surface area contributed by atoms with Crippen molar-refractivity contribution in [3.05, 3.63) is 53.2 Å². The van der Waals surface area contributed by atoms with Crippen LogP contribution in [0.25, 0.3) is 0 Å². The van der Waals surface area contributed by atoms with Gasteiger partial charge in [0.2, 0.25) is 0 Å². The number of nitrogens with zero attached hydrogens (tertiary/aromatic N) is 1. The second-order valence-corrected chi connectivity index (χ2v) is 3.74. The second kappa shape index (κ2) is 5.10. The first-order chi connectivity index (χ1) is 8.63. The molecule has 0 aliphatic rings. The van der Waals surface area contributed by atoms with Gasteiger partial charge in [-0.25, -0.2) is 13.8 Å². The van der Waals surface area contributed by atoms with Gasteiger partial charge >= 0.3 is 0 Å². The van der Waals surface area contributed by atoms with E-state index in [1.54, 1.807) is 19.1 Å². The Balaban J connectivity index is 2.37. The van der Waals surface area contributed by atoms with Crippen LogP contribution in [-0.4, -0.2) is 10.1 Å². The van der Waals surface area contributed by atoms with Crippen LogP contribution >= 0.6 is 0 Å². The highest BCUT2D eigenvalue weighted by molar-refractivity contribution is 5.34. The number of pyridine rings is 1.